The van der Waals surface area contributed by atoms with E-state index in [1.165, 1.54) is 0 Å². The summed E-state index contributed by atoms with van der Waals surface area (Å²) in [4.78, 5) is 16.7. The second-order valence-corrected chi connectivity index (χ2v) is 6.30. The topological polar surface area (TPSA) is 42.0 Å². The highest BCUT2D eigenvalue weighted by atomic mass is 35.5. The van der Waals surface area contributed by atoms with Crippen molar-refractivity contribution in [2.75, 3.05) is 5.32 Å². The number of fused-ring (bicyclic) bond motifs is 1. The zero-order valence-electron chi connectivity index (χ0n) is 13.5. The van der Waals surface area contributed by atoms with Crippen molar-refractivity contribution >= 4 is 34.1 Å². The van der Waals surface area contributed by atoms with Crippen LogP contribution >= 0.6 is 11.6 Å². The number of carbonyl (C=O) groups is 1. The van der Waals surface area contributed by atoms with Gasteiger partial charge in [-0.25, -0.2) is 0 Å². The molecule has 0 spiro atoms. The molecule has 0 bridgehead atoms. The molecule has 1 aromatic heterocycles. The number of hydrogen-bond donors (Lipinski definition) is 1. The van der Waals surface area contributed by atoms with Gasteiger partial charge >= 0.3 is 0 Å². The van der Waals surface area contributed by atoms with Crippen LogP contribution in [0, 0.1) is 0 Å². The van der Waals surface area contributed by atoms with Crippen molar-refractivity contribution in [1.29, 1.82) is 0 Å². The molecule has 0 aliphatic rings. The van der Waals surface area contributed by atoms with Gasteiger partial charge in [-0.3, -0.25) is 9.78 Å². The molecule has 1 N–H and O–H groups in total. The van der Waals surface area contributed by atoms with Crippen LogP contribution < -0.4 is 5.32 Å². The molecule has 1 atom stereocenters. The summed E-state index contributed by atoms with van der Waals surface area (Å²) in [6.45, 7) is 2.09. The lowest BCUT2D eigenvalue weighted by Crippen LogP contribution is -2.13. The molecule has 0 saturated carbocycles. The third kappa shape index (κ3) is 3.74. The van der Waals surface area contributed by atoms with E-state index in [0.717, 1.165) is 33.6 Å². The first-order valence-electron chi connectivity index (χ1n) is 8.03. The summed E-state index contributed by atoms with van der Waals surface area (Å²) in [5.74, 6) is 0.224. The van der Waals surface area contributed by atoms with E-state index in [9.17, 15) is 4.79 Å². The normalized spacial score (nSPS) is 12.1. The van der Waals surface area contributed by atoms with Crippen molar-refractivity contribution in [3.05, 3.63) is 71.4 Å². The molecule has 2 aromatic carbocycles. The van der Waals surface area contributed by atoms with E-state index in [1.807, 2.05) is 54.6 Å². The third-order valence-electron chi connectivity index (χ3n) is 4.15. The Hall–Kier alpha value is -2.39. The molecule has 122 valence electrons. The quantitative estimate of drug-likeness (QED) is 0.675. The Balaban J connectivity index is 1.64. The van der Waals surface area contributed by atoms with E-state index in [0.29, 0.717) is 6.42 Å². The first-order valence-corrected chi connectivity index (χ1v) is 8.41. The van der Waals surface area contributed by atoms with Crippen LogP contribution in [0.3, 0.4) is 0 Å². The lowest BCUT2D eigenvalue weighted by molar-refractivity contribution is -0.116. The van der Waals surface area contributed by atoms with Gasteiger partial charge in [-0.1, -0.05) is 54.9 Å². The Morgan fingerprint density at radius 2 is 1.92 bits per heavy atom. The van der Waals surface area contributed by atoms with Crippen LogP contribution in [-0.2, 0) is 4.79 Å². The largest absolute Gasteiger partial charge is 0.324 e. The monoisotopic (exact) mass is 338 g/mol. The summed E-state index contributed by atoms with van der Waals surface area (Å²) in [5, 5.41) is 4.74. The number of hydrogen-bond acceptors (Lipinski definition) is 2. The molecule has 0 fully saturated rings. The molecule has 24 heavy (non-hydrogen) atoms. The smallest absolute Gasteiger partial charge is 0.224 e. The highest BCUT2D eigenvalue weighted by molar-refractivity contribution is 6.31. The Kier molecular flexibility index (Phi) is 5.11. The average Bonchev–Trinajstić information content (AvgIpc) is 2.60. The number of halogens is 1. The number of aromatic nitrogens is 1. The predicted molar refractivity (Wildman–Crippen MR) is 99.5 cm³/mol. The summed E-state index contributed by atoms with van der Waals surface area (Å²) in [6, 6.07) is 17.4. The molecular weight excluding hydrogens is 320 g/mol. The molecule has 0 aliphatic heterocycles. The molecule has 0 saturated heterocycles. The van der Waals surface area contributed by atoms with Crippen LogP contribution in [0.4, 0.5) is 5.69 Å². The minimum absolute atomic E-state index is 0.00735. The van der Waals surface area contributed by atoms with Crippen molar-refractivity contribution in [2.45, 2.75) is 25.7 Å². The fourth-order valence-corrected chi connectivity index (χ4v) is 3.12. The SMILES string of the molecule is CC(CCC(=O)Nc1cccc2cccnc12)c1ccccc1Cl. The Morgan fingerprint density at radius 3 is 2.75 bits per heavy atom. The van der Waals surface area contributed by atoms with Crippen LogP contribution in [0.15, 0.2) is 60.8 Å². The Labute approximate surface area is 146 Å². The molecular formula is C20H19ClN2O. The Bertz CT molecular complexity index is 858. The van der Waals surface area contributed by atoms with Gasteiger partial charge in [0.25, 0.3) is 0 Å². The highest BCUT2D eigenvalue weighted by Gasteiger charge is 2.12. The molecule has 0 radical (unpaired) electrons. The molecule has 3 rings (SSSR count). The lowest BCUT2D eigenvalue weighted by atomic mass is 9.96. The van der Waals surface area contributed by atoms with E-state index in [1.54, 1.807) is 6.20 Å². The standard InChI is InChI=1S/C20H19ClN2O/c1-14(16-8-2-3-9-17(16)21)11-12-19(24)23-18-10-4-6-15-7-5-13-22-20(15)18/h2-10,13-14H,11-12H2,1H3,(H,23,24). The number of benzene rings is 2. The summed E-state index contributed by atoms with van der Waals surface area (Å²) < 4.78 is 0. The molecule has 0 aliphatic carbocycles. The first-order chi connectivity index (χ1) is 11.6. The van der Waals surface area contributed by atoms with E-state index >= 15 is 0 Å². The van der Waals surface area contributed by atoms with E-state index in [2.05, 4.69) is 17.2 Å². The van der Waals surface area contributed by atoms with Gasteiger partial charge < -0.3 is 5.32 Å². The third-order valence-corrected chi connectivity index (χ3v) is 4.49. The van der Waals surface area contributed by atoms with Crippen molar-refractivity contribution in [3.63, 3.8) is 0 Å². The molecule has 4 heteroatoms. The van der Waals surface area contributed by atoms with Crippen molar-refractivity contribution in [3.8, 4) is 0 Å². The maximum Gasteiger partial charge on any atom is 0.224 e. The fourth-order valence-electron chi connectivity index (χ4n) is 2.80. The number of rotatable bonds is 5. The van der Waals surface area contributed by atoms with Gasteiger partial charge in [0.1, 0.15) is 0 Å². The van der Waals surface area contributed by atoms with Crippen LogP contribution in [-0.4, -0.2) is 10.9 Å². The van der Waals surface area contributed by atoms with E-state index in [4.69, 9.17) is 11.6 Å². The molecule has 3 aromatic rings. The maximum absolute atomic E-state index is 12.3. The molecule has 1 amide bonds. The second kappa shape index (κ2) is 7.45. The fraction of sp³-hybridized carbons (Fsp3) is 0.200. The van der Waals surface area contributed by atoms with Crippen LogP contribution in [0.25, 0.3) is 10.9 Å². The van der Waals surface area contributed by atoms with Gasteiger partial charge in [-0.05, 0) is 36.1 Å². The summed E-state index contributed by atoms with van der Waals surface area (Å²) >= 11 is 6.22. The number of anilines is 1. The average molecular weight is 339 g/mol. The molecule has 1 heterocycles. The highest BCUT2D eigenvalue weighted by Crippen LogP contribution is 2.28. The van der Waals surface area contributed by atoms with Gasteiger partial charge in [0.2, 0.25) is 5.91 Å². The van der Waals surface area contributed by atoms with E-state index in [-0.39, 0.29) is 11.8 Å². The van der Waals surface area contributed by atoms with Gasteiger partial charge in [-0.2, -0.15) is 0 Å². The summed E-state index contributed by atoms with van der Waals surface area (Å²) in [6.07, 6.45) is 2.92. The zero-order chi connectivity index (χ0) is 16.9. The minimum atomic E-state index is -0.00735. The number of amides is 1. The number of pyridine rings is 1. The minimum Gasteiger partial charge on any atom is -0.324 e. The summed E-state index contributed by atoms with van der Waals surface area (Å²) in [5.41, 5.74) is 2.65. The Morgan fingerprint density at radius 1 is 1.12 bits per heavy atom. The maximum atomic E-state index is 12.3. The zero-order valence-corrected chi connectivity index (χ0v) is 14.3. The molecule has 3 nitrogen and oxygen atoms in total. The summed E-state index contributed by atoms with van der Waals surface area (Å²) in [7, 11) is 0. The van der Waals surface area contributed by atoms with Crippen LogP contribution in [0.5, 0.6) is 0 Å². The van der Waals surface area contributed by atoms with Gasteiger partial charge in [0, 0.05) is 23.0 Å². The van der Waals surface area contributed by atoms with Crippen molar-refractivity contribution in [1.82, 2.24) is 4.98 Å². The number of nitrogens with one attached hydrogen (secondary N) is 1. The first kappa shape index (κ1) is 16.5. The van der Waals surface area contributed by atoms with Crippen LogP contribution in [0.1, 0.15) is 31.2 Å². The number of para-hydroxylation sites is 1. The van der Waals surface area contributed by atoms with Gasteiger partial charge in [0.05, 0.1) is 11.2 Å². The van der Waals surface area contributed by atoms with Gasteiger partial charge in [-0.15, -0.1) is 0 Å². The van der Waals surface area contributed by atoms with Crippen molar-refractivity contribution < 1.29 is 4.79 Å². The second-order valence-electron chi connectivity index (χ2n) is 5.89. The predicted octanol–water partition coefficient (Wildman–Crippen LogP) is 5.41. The van der Waals surface area contributed by atoms with Crippen LogP contribution in [0.2, 0.25) is 5.02 Å². The van der Waals surface area contributed by atoms with Crippen molar-refractivity contribution in [2.24, 2.45) is 0 Å². The van der Waals surface area contributed by atoms with Gasteiger partial charge in [0.15, 0.2) is 0 Å². The number of nitrogens with zero attached hydrogens (tertiary/aromatic N) is 1. The number of carbonyl (C=O) groups excluding carboxylic acids is 1. The lowest BCUT2D eigenvalue weighted by Gasteiger charge is -2.13. The van der Waals surface area contributed by atoms with E-state index < -0.39 is 0 Å². The molecule has 1 unspecified atom stereocenters.